The van der Waals surface area contributed by atoms with Crippen LogP contribution in [0.4, 0.5) is 5.69 Å². The molecule has 0 unspecified atom stereocenters. The first-order chi connectivity index (χ1) is 9.22. The molecule has 1 saturated carbocycles. The monoisotopic (exact) mass is 283 g/mol. The van der Waals surface area contributed by atoms with Crippen molar-refractivity contribution in [3.8, 4) is 0 Å². The Morgan fingerprint density at radius 2 is 2.21 bits per heavy atom. The van der Waals surface area contributed by atoms with Gasteiger partial charge in [-0.05, 0) is 18.8 Å². The Morgan fingerprint density at radius 3 is 2.89 bits per heavy atom. The molecule has 1 aliphatic rings. The fourth-order valence-electron chi connectivity index (χ4n) is 2.67. The Balaban J connectivity index is 1.92. The first-order valence-corrected chi connectivity index (χ1v) is 7.59. The van der Waals surface area contributed by atoms with E-state index in [0.717, 1.165) is 25.3 Å². The molecule has 1 aliphatic carbocycles. The average Bonchev–Trinajstić information content (AvgIpc) is 2.91. The number of nitrogens with zero attached hydrogens (tertiary/aromatic N) is 2. The van der Waals surface area contributed by atoms with Crippen molar-refractivity contribution >= 4 is 17.3 Å². The lowest BCUT2D eigenvalue weighted by molar-refractivity contribution is 0.518. The van der Waals surface area contributed by atoms with Crippen LogP contribution in [0.3, 0.4) is 0 Å². The SMILES string of the molecule is CCCn1ncc(NCCC2CCCC2)c(Cl)c1=O. The molecule has 0 amide bonds. The molecule has 106 valence electrons. The number of anilines is 1. The molecule has 0 aliphatic heterocycles. The molecular weight excluding hydrogens is 262 g/mol. The van der Waals surface area contributed by atoms with Crippen molar-refractivity contribution in [2.75, 3.05) is 11.9 Å². The quantitative estimate of drug-likeness (QED) is 0.871. The molecule has 1 fully saturated rings. The zero-order valence-corrected chi connectivity index (χ0v) is 12.2. The maximum absolute atomic E-state index is 11.9. The van der Waals surface area contributed by atoms with Crippen LogP contribution in [0.15, 0.2) is 11.0 Å². The molecule has 2 rings (SSSR count). The summed E-state index contributed by atoms with van der Waals surface area (Å²) < 4.78 is 1.42. The highest BCUT2D eigenvalue weighted by Gasteiger charge is 2.15. The molecule has 1 N–H and O–H groups in total. The third-order valence-corrected chi connectivity index (χ3v) is 4.13. The van der Waals surface area contributed by atoms with Crippen LogP contribution in [0, 0.1) is 5.92 Å². The van der Waals surface area contributed by atoms with Crippen molar-refractivity contribution in [1.82, 2.24) is 9.78 Å². The Hall–Kier alpha value is -1.03. The lowest BCUT2D eigenvalue weighted by Crippen LogP contribution is -2.24. The summed E-state index contributed by atoms with van der Waals surface area (Å²) in [6.45, 7) is 3.49. The minimum absolute atomic E-state index is 0.200. The van der Waals surface area contributed by atoms with Gasteiger partial charge in [0.2, 0.25) is 0 Å². The van der Waals surface area contributed by atoms with Crippen LogP contribution in [0.5, 0.6) is 0 Å². The molecule has 0 radical (unpaired) electrons. The molecule has 0 spiro atoms. The number of rotatable bonds is 6. The summed E-state index contributed by atoms with van der Waals surface area (Å²) in [5.74, 6) is 0.833. The summed E-state index contributed by atoms with van der Waals surface area (Å²) in [6, 6.07) is 0. The van der Waals surface area contributed by atoms with Crippen LogP contribution in [-0.2, 0) is 6.54 Å². The van der Waals surface area contributed by atoms with Gasteiger partial charge in [0.1, 0.15) is 5.02 Å². The fraction of sp³-hybridized carbons (Fsp3) is 0.714. The molecular formula is C14H22ClN3O. The highest BCUT2D eigenvalue weighted by atomic mass is 35.5. The van der Waals surface area contributed by atoms with Gasteiger partial charge in [0.25, 0.3) is 5.56 Å². The summed E-state index contributed by atoms with van der Waals surface area (Å²) in [5.41, 5.74) is 0.464. The first kappa shape index (κ1) is 14.4. The van der Waals surface area contributed by atoms with Crippen LogP contribution < -0.4 is 10.9 Å². The van der Waals surface area contributed by atoms with E-state index < -0.39 is 0 Å². The maximum atomic E-state index is 11.9. The summed E-state index contributed by atoms with van der Waals surface area (Å²) in [6.07, 6.45) is 9.08. The van der Waals surface area contributed by atoms with E-state index in [1.807, 2.05) is 6.92 Å². The maximum Gasteiger partial charge on any atom is 0.287 e. The molecule has 5 heteroatoms. The van der Waals surface area contributed by atoms with Crippen molar-refractivity contribution < 1.29 is 0 Å². The standard InChI is InChI=1S/C14H22ClN3O/c1-2-9-18-14(19)13(15)12(10-17-18)16-8-7-11-5-3-4-6-11/h10-11,16H,2-9H2,1H3. The second-order valence-electron chi connectivity index (χ2n) is 5.27. The first-order valence-electron chi connectivity index (χ1n) is 7.22. The highest BCUT2D eigenvalue weighted by molar-refractivity contribution is 6.32. The van der Waals surface area contributed by atoms with Crippen LogP contribution in [0.1, 0.15) is 45.4 Å². The van der Waals surface area contributed by atoms with E-state index in [1.165, 1.54) is 30.4 Å². The van der Waals surface area contributed by atoms with Crippen LogP contribution in [-0.4, -0.2) is 16.3 Å². The molecule has 0 atom stereocenters. The minimum atomic E-state index is -0.200. The van der Waals surface area contributed by atoms with Crippen molar-refractivity contribution in [3.05, 3.63) is 21.6 Å². The molecule has 0 aromatic carbocycles. The number of aryl methyl sites for hydroxylation is 1. The van der Waals surface area contributed by atoms with Gasteiger partial charge in [0, 0.05) is 13.1 Å². The van der Waals surface area contributed by atoms with Gasteiger partial charge in [-0.25, -0.2) is 4.68 Å². The molecule has 1 aromatic rings. The van der Waals surface area contributed by atoms with E-state index in [1.54, 1.807) is 6.20 Å². The largest absolute Gasteiger partial charge is 0.382 e. The van der Waals surface area contributed by atoms with Gasteiger partial charge >= 0.3 is 0 Å². The van der Waals surface area contributed by atoms with Gasteiger partial charge in [-0.3, -0.25) is 4.79 Å². The highest BCUT2D eigenvalue weighted by Crippen LogP contribution is 2.27. The van der Waals surface area contributed by atoms with Crippen molar-refractivity contribution in [1.29, 1.82) is 0 Å². The number of aromatic nitrogens is 2. The van der Waals surface area contributed by atoms with E-state index in [4.69, 9.17) is 11.6 Å². The average molecular weight is 284 g/mol. The van der Waals surface area contributed by atoms with E-state index in [-0.39, 0.29) is 10.6 Å². The molecule has 19 heavy (non-hydrogen) atoms. The summed E-state index contributed by atoms with van der Waals surface area (Å²) in [4.78, 5) is 11.9. The predicted molar refractivity (Wildman–Crippen MR) is 78.9 cm³/mol. The lowest BCUT2D eigenvalue weighted by Gasteiger charge is -2.12. The second kappa shape index (κ2) is 6.94. The lowest BCUT2D eigenvalue weighted by atomic mass is 10.0. The number of hydrogen-bond acceptors (Lipinski definition) is 3. The number of nitrogens with one attached hydrogen (secondary N) is 1. The Kier molecular flexibility index (Phi) is 5.25. The molecule has 0 saturated heterocycles. The summed E-state index contributed by atoms with van der Waals surface area (Å²) >= 11 is 6.09. The Labute approximate surface area is 119 Å². The van der Waals surface area contributed by atoms with Crippen molar-refractivity contribution in [2.24, 2.45) is 5.92 Å². The Morgan fingerprint density at radius 1 is 1.47 bits per heavy atom. The predicted octanol–water partition coefficient (Wildman–Crippen LogP) is 3.30. The van der Waals surface area contributed by atoms with Crippen molar-refractivity contribution in [2.45, 2.75) is 52.0 Å². The van der Waals surface area contributed by atoms with E-state index in [0.29, 0.717) is 12.2 Å². The minimum Gasteiger partial charge on any atom is -0.382 e. The molecule has 1 heterocycles. The normalized spacial score (nSPS) is 15.9. The zero-order chi connectivity index (χ0) is 13.7. The fourth-order valence-corrected chi connectivity index (χ4v) is 2.88. The van der Waals surface area contributed by atoms with E-state index in [2.05, 4.69) is 10.4 Å². The second-order valence-corrected chi connectivity index (χ2v) is 5.64. The van der Waals surface area contributed by atoms with Gasteiger partial charge in [0.15, 0.2) is 0 Å². The summed E-state index contributed by atoms with van der Waals surface area (Å²) in [5, 5.41) is 7.64. The van der Waals surface area contributed by atoms with E-state index >= 15 is 0 Å². The smallest absolute Gasteiger partial charge is 0.287 e. The Bertz CT molecular complexity index is 466. The number of hydrogen-bond donors (Lipinski definition) is 1. The molecule has 4 nitrogen and oxygen atoms in total. The summed E-state index contributed by atoms with van der Waals surface area (Å²) in [7, 11) is 0. The molecule has 0 bridgehead atoms. The van der Waals surface area contributed by atoms with Crippen molar-refractivity contribution in [3.63, 3.8) is 0 Å². The topological polar surface area (TPSA) is 46.9 Å². The van der Waals surface area contributed by atoms with Crippen LogP contribution in [0.2, 0.25) is 5.02 Å². The van der Waals surface area contributed by atoms with Gasteiger partial charge in [-0.15, -0.1) is 0 Å². The van der Waals surface area contributed by atoms with Crippen LogP contribution in [0.25, 0.3) is 0 Å². The van der Waals surface area contributed by atoms with E-state index in [9.17, 15) is 4.79 Å². The third kappa shape index (κ3) is 3.72. The van der Waals surface area contributed by atoms with Gasteiger partial charge in [-0.2, -0.15) is 5.10 Å². The van der Waals surface area contributed by atoms with Gasteiger partial charge < -0.3 is 5.32 Å². The molecule has 1 aromatic heterocycles. The van der Waals surface area contributed by atoms with Gasteiger partial charge in [-0.1, -0.05) is 44.2 Å². The van der Waals surface area contributed by atoms with Crippen LogP contribution >= 0.6 is 11.6 Å². The number of halogens is 1. The third-order valence-electron chi connectivity index (χ3n) is 3.76. The van der Waals surface area contributed by atoms with Gasteiger partial charge in [0.05, 0.1) is 11.9 Å². The zero-order valence-electron chi connectivity index (χ0n) is 11.5.